The summed E-state index contributed by atoms with van der Waals surface area (Å²) < 4.78 is 29.1. The zero-order valence-corrected chi connectivity index (χ0v) is 16.6. The Morgan fingerprint density at radius 2 is 1.90 bits per heavy atom. The number of amides is 1. The molecule has 0 spiro atoms. The van der Waals surface area contributed by atoms with Crippen LogP contribution >= 0.6 is 0 Å². The van der Waals surface area contributed by atoms with E-state index in [-0.39, 0.29) is 24.9 Å². The second kappa shape index (κ2) is 8.94. The molecule has 0 radical (unpaired) electrons. The van der Waals surface area contributed by atoms with Crippen LogP contribution in [0.5, 0.6) is 11.5 Å². The smallest absolute Gasteiger partial charge is 0.231 e. The van der Waals surface area contributed by atoms with Crippen molar-refractivity contribution in [1.82, 2.24) is 15.0 Å². The van der Waals surface area contributed by atoms with E-state index in [4.69, 9.17) is 14.0 Å². The van der Waals surface area contributed by atoms with Crippen molar-refractivity contribution < 1.29 is 23.2 Å². The number of ether oxygens (including phenoxy) is 2. The number of carbonyl (C=O) groups is 1. The van der Waals surface area contributed by atoms with Gasteiger partial charge in [-0.1, -0.05) is 24.2 Å². The average molecular weight is 411 g/mol. The van der Waals surface area contributed by atoms with Gasteiger partial charge >= 0.3 is 0 Å². The van der Waals surface area contributed by atoms with Crippen LogP contribution < -0.4 is 9.47 Å². The van der Waals surface area contributed by atoms with Crippen LogP contribution in [0.1, 0.15) is 24.8 Å². The molecule has 0 bridgehead atoms. The summed E-state index contributed by atoms with van der Waals surface area (Å²) in [5.74, 6) is 1.93. The van der Waals surface area contributed by atoms with Crippen molar-refractivity contribution >= 4 is 5.91 Å². The van der Waals surface area contributed by atoms with Gasteiger partial charge in [-0.15, -0.1) is 0 Å². The van der Waals surface area contributed by atoms with E-state index in [9.17, 15) is 9.18 Å². The fourth-order valence-electron chi connectivity index (χ4n) is 3.26. The van der Waals surface area contributed by atoms with E-state index in [0.717, 1.165) is 17.5 Å². The maximum absolute atomic E-state index is 13.1. The average Bonchev–Trinajstić information content (AvgIpc) is 3.41. The molecule has 2 aromatic carbocycles. The molecular formula is C22H22FN3O4. The van der Waals surface area contributed by atoms with Crippen LogP contribution in [0, 0.1) is 5.82 Å². The topological polar surface area (TPSA) is 77.7 Å². The van der Waals surface area contributed by atoms with Crippen LogP contribution in [0.15, 0.2) is 47.0 Å². The highest BCUT2D eigenvalue weighted by atomic mass is 19.1. The summed E-state index contributed by atoms with van der Waals surface area (Å²) in [5, 5.41) is 4.04. The molecule has 156 valence electrons. The Bertz CT molecular complexity index is 1020. The number of fused-ring (bicyclic) bond motifs is 1. The maximum Gasteiger partial charge on any atom is 0.231 e. The van der Waals surface area contributed by atoms with E-state index in [1.165, 1.54) is 12.1 Å². The fourth-order valence-corrected chi connectivity index (χ4v) is 3.26. The van der Waals surface area contributed by atoms with Crippen molar-refractivity contribution in [3.8, 4) is 22.9 Å². The van der Waals surface area contributed by atoms with Crippen molar-refractivity contribution in [2.75, 3.05) is 19.9 Å². The largest absolute Gasteiger partial charge is 0.454 e. The number of halogens is 1. The molecule has 0 saturated heterocycles. The normalized spacial score (nSPS) is 12.2. The molecule has 30 heavy (non-hydrogen) atoms. The third-order valence-corrected chi connectivity index (χ3v) is 4.81. The molecular weight excluding hydrogens is 389 g/mol. The molecule has 1 aliphatic rings. The lowest BCUT2D eigenvalue weighted by atomic mass is 10.1. The lowest BCUT2D eigenvalue weighted by Crippen LogP contribution is -2.34. The number of rotatable bonds is 8. The molecule has 1 amide bonds. The van der Waals surface area contributed by atoms with Gasteiger partial charge in [0, 0.05) is 25.1 Å². The van der Waals surface area contributed by atoms with Gasteiger partial charge in [-0.2, -0.15) is 4.98 Å². The van der Waals surface area contributed by atoms with E-state index in [2.05, 4.69) is 10.1 Å². The second-order valence-corrected chi connectivity index (χ2v) is 7.01. The highest BCUT2D eigenvalue weighted by Gasteiger charge is 2.18. The first-order valence-electron chi connectivity index (χ1n) is 9.87. The third kappa shape index (κ3) is 4.59. The van der Waals surface area contributed by atoms with Gasteiger partial charge in [0.15, 0.2) is 11.5 Å². The summed E-state index contributed by atoms with van der Waals surface area (Å²) in [4.78, 5) is 18.9. The molecule has 0 atom stereocenters. The van der Waals surface area contributed by atoms with Gasteiger partial charge in [-0.3, -0.25) is 4.79 Å². The highest BCUT2D eigenvalue weighted by Crippen LogP contribution is 2.35. The summed E-state index contributed by atoms with van der Waals surface area (Å²) in [5.41, 5.74) is 1.55. The standard InChI is InChI=1S/C22H22FN3O4/c1-2-10-26(21(27)12-15-3-6-17(23)7-4-15)11-9-20-24-22(25-30-20)16-5-8-18-19(13-16)29-14-28-18/h3-8,13H,2,9-12,14H2,1H3. The Balaban J connectivity index is 1.38. The second-order valence-electron chi connectivity index (χ2n) is 7.01. The Labute approximate surface area is 173 Å². The minimum atomic E-state index is -0.314. The van der Waals surface area contributed by atoms with Crippen LogP contribution in [0.4, 0.5) is 4.39 Å². The van der Waals surface area contributed by atoms with Gasteiger partial charge in [0.05, 0.1) is 6.42 Å². The third-order valence-electron chi connectivity index (χ3n) is 4.81. The molecule has 1 aliphatic heterocycles. The zero-order valence-electron chi connectivity index (χ0n) is 16.6. The van der Waals surface area contributed by atoms with Crippen molar-refractivity contribution in [1.29, 1.82) is 0 Å². The van der Waals surface area contributed by atoms with Crippen molar-refractivity contribution in [3.05, 3.63) is 59.7 Å². The van der Waals surface area contributed by atoms with E-state index in [1.54, 1.807) is 17.0 Å². The molecule has 4 rings (SSSR count). The lowest BCUT2D eigenvalue weighted by Gasteiger charge is -2.21. The minimum Gasteiger partial charge on any atom is -0.454 e. The van der Waals surface area contributed by atoms with Crippen molar-refractivity contribution in [2.24, 2.45) is 0 Å². The van der Waals surface area contributed by atoms with Crippen LogP contribution in [-0.4, -0.2) is 40.8 Å². The molecule has 3 aromatic rings. The Hall–Kier alpha value is -3.42. The predicted octanol–water partition coefficient (Wildman–Crippen LogP) is 3.63. The molecule has 8 heteroatoms. The van der Waals surface area contributed by atoms with Gasteiger partial charge in [0.2, 0.25) is 24.4 Å². The first-order valence-corrected chi connectivity index (χ1v) is 9.87. The van der Waals surface area contributed by atoms with Gasteiger partial charge in [-0.05, 0) is 42.3 Å². The lowest BCUT2D eigenvalue weighted by molar-refractivity contribution is -0.130. The molecule has 1 aromatic heterocycles. The molecule has 0 saturated carbocycles. The highest BCUT2D eigenvalue weighted by molar-refractivity contribution is 5.78. The minimum absolute atomic E-state index is 0.0148. The molecule has 7 nitrogen and oxygen atoms in total. The van der Waals surface area contributed by atoms with E-state index in [0.29, 0.717) is 42.7 Å². The number of hydrogen-bond donors (Lipinski definition) is 0. The van der Waals surface area contributed by atoms with Gasteiger partial charge in [-0.25, -0.2) is 4.39 Å². The summed E-state index contributed by atoms with van der Waals surface area (Å²) in [7, 11) is 0. The van der Waals surface area contributed by atoms with Crippen LogP contribution in [-0.2, 0) is 17.6 Å². The summed E-state index contributed by atoms with van der Waals surface area (Å²) >= 11 is 0. The van der Waals surface area contributed by atoms with E-state index >= 15 is 0 Å². The number of benzene rings is 2. The Morgan fingerprint density at radius 1 is 1.10 bits per heavy atom. The monoisotopic (exact) mass is 411 g/mol. The SMILES string of the molecule is CCCN(CCc1nc(-c2ccc3c(c2)OCO3)no1)C(=O)Cc1ccc(F)cc1. The van der Waals surface area contributed by atoms with Crippen molar-refractivity contribution in [3.63, 3.8) is 0 Å². The van der Waals surface area contributed by atoms with Gasteiger partial charge in [0.25, 0.3) is 0 Å². The summed E-state index contributed by atoms with van der Waals surface area (Å²) in [6, 6.07) is 11.5. The number of carbonyl (C=O) groups excluding carboxylic acids is 1. The Kier molecular flexibility index (Phi) is 5.92. The molecule has 0 N–H and O–H groups in total. The summed E-state index contributed by atoms with van der Waals surface area (Å²) in [6.07, 6.45) is 1.51. The summed E-state index contributed by atoms with van der Waals surface area (Å²) in [6.45, 7) is 3.32. The first-order chi connectivity index (χ1) is 14.6. The van der Waals surface area contributed by atoms with E-state index in [1.807, 2.05) is 25.1 Å². The number of hydrogen-bond acceptors (Lipinski definition) is 6. The fraction of sp³-hybridized carbons (Fsp3) is 0.318. The first kappa shape index (κ1) is 19.9. The van der Waals surface area contributed by atoms with Crippen LogP contribution in [0.3, 0.4) is 0 Å². The molecule has 2 heterocycles. The van der Waals surface area contributed by atoms with Crippen LogP contribution in [0.2, 0.25) is 0 Å². The molecule has 0 fully saturated rings. The predicted molar refractivity (Wildman–Crippen MR) is 107 cm³/mol. The number of nitrogens with zero attached hydrogens (tertiary/aromatic N) is 3. The van der Waals surface area contributed by atoms with Gasteiger partial charge < -0.3 is 18.9 Å². The molecule has 0 unspecified atom stereocenters. The van der Waals surface area contributed by atoms with Gasteiger partial charge in [0.1, 0.15) is 5.82 Å². The molecule has 0 aliphatic carbocycles. The van der Waals surface area contributed by atoms with Crippen molar-refractivity contribution in [2.45, 2.75) is 26.2 Å². The van der Waals surface area contributed by atoms with Crippen LogP contribution in [0.25, 0.3) is 11.4 Å². The maximum atomic E-state index is 13.1. The zero-order chi connectivity index (χ0) is 20.9. The number of aromatic nitrogens is 2. The quantitative estimate of drug-likeness (QED) is 0.563. The Morgan fingerprint density at radius 3 is 2.70 bits per heavy atom. The van der Waals surface area contributed by atoms with E-state index < -0.39 is 0 Å².